The van der Waals surface area contributed by atoms with Gasteiger partial charge in [-0.1, -0.05) is 26.7 Å². The van der Waals surface area contributed by atoms with Crippen LogP contribution in [-0.4, -0.2) is 50.2 Å². The molecule has 2 N–H and O–H groups in total. The molecule has 110 valence electrons. The number of aliphatic hydroxyl groups is 1. The minimum Gasteiger partial charge on any atom is -0.389 e. The van der Waals surface area contributed by atoms with Crippen molar-refractivity contribution >= 4 is 0 Å². The Morgan fingerprint density at radius 1 is 1.06 bits per heavy atom. The van der Waals surface area contributed by atoms with Gasteiger partial charge in [0.15, 0.2) is 0 Å². The Labute approximate surface area is 112 Å². The molecule has 0 aromatic rings. The number of hydrogen-bond donors (Lipinski definition) is 2. The van der Waals surface area contributed by atoms with E-state index in [9.17, 15) is 5.11 Å². The van der Waals surface area contributed by atoms with Crippen molar-refractivity contribution in [3.63, 3.8) is 0 Å². The molecule has 0 fully saturated rings. The molecule has 0 aliphatic carbocycles. The van der Waals surface area contributed by atoms with Crippen molar-refractivity contribution in [2.75, 3.05) is 33.0 Å². The zero-order chi connectivity index (χ0) is 13.6. The van der Waals surface area contributed by atoms with Crippen molar-refractivity contribution in [2.24, 2.45) is 0 Å². The molecule has 0 bridgehead atoms. The largest absolute Gasteiger partial charge is 0.389 e. The number of unbranched alkanes of at least 4 members (excludes halogenated alkanes) is 1. The van der Waals surface area contributed by atoms with Crippen LogP contribution in [0.25, 0.3) is 0 Å². The highest BCUT2D eigenvalue weighted by Crippen LogP contribution is 1.95. The minimum absolute atomic E-state index is 0.378. The topological polar surface area (TPSA) is 50.7 Å². The molecule has 0 aromatic heterocycles. The van der Waals surface area contributed by atoms with Crippen LogP contribution < -0.4 is 5.32 Å². The zero-order valence-electron chi connectivity index (χ0n) is 12.3. The van der Waals surface area contributed by atoms with Gasteiger partial charge in [-0.05, 0) is 19.8 Å². The Hall–Kier alpha value is -0.160. The summed E-state index contributed by atoms with van der Waals surface area (Å²) in [5, 5.41) is 13.0. The highest BCUT2D eigenvalue weighted by molar-refractivity contribution is 4.64. The van der Waals surface area contributed by atoms with Gasteiger partial charge in [-0.3, -0.25) is 0 Å². The number of rotatable bonds is 13. The second kappa shape index (κ2) is 13.3. The molecule has 2 unspecified atom stereocenters. The molecular formula is C14H31NO3. The minimum atomic E-state index is -0.431. The van der Waals surface area contributed by atoms with Crippen LogP contribution in [0.15, 0.2) is 0 Å². The van der Waals surface area contributed by atoms with Crippen LogP contribution in [0.2, 0.25) is 0 Å². The molecular weight excluding hydrogens is 230 g/mol. The SMILES string of the molecule is CCCCOCCOCC(O)CNC(C)CCC. The van der Waals surface area contributed by atoms with Crippen LogP contribution >= 0.6 is 0 Å². The smallest absolute Gasteiger partial charge is 0.0897 e. The Bertz CT molecular complexity index is 167. The summed E-state index contributed by atoms with van der Waals surface area (Å²) in [5.41, 5.74) is 0. The molecule has 0 aromatic carbocycles. The molecule has 0 saturated carbocycles. The van der Waals surface area contributed by atoms with Gasteiger partial charge < -0.3 is 19.9 Å². The lowest BCUT2D eigenvalue weighted by Crippen LogP contribution is -2.36. The van der Waals surface area contributed by atoms with E-state index in [1.54, 1.807) is 0 Å². The molecule has 2 atom stereocenters. The Kier molecular flexibility index (Phi) is 13.2. The van der Waals surface area contributed by atoms with Crippen molar-refractivity contribution in [2.45, 2.75) is 58.6 Å². The van der Waals surface area contributed by atoms with Gasteiger partial charge in [0.1, 0.15) is 0 Å². The van der Waals surface area contributed by atoms with E-state index >= 15 is 0 Å². The maximum atomic E-state index is 9.68. The van der Waals surface area contributed by atoms with Crippen molar-refractivity contribution in [1.29, 1.82) is 0 Å². The third-order valence-electron chi connectivity index (χ3n) is 2.75. The predicted octanol–water partition coefficient (Wildman–Crippen LogP) is 1.96. The second-order valence-electron chi connectivity index (χ2n) is 4.79. The van der Waals surface area contributed by atoms with Crippen LogP contribution in [0.3, 0.4) is 0 Å². The first-order chi connectivity index (χ1) is 8.70. The normalized spacial score (nSPS) is 14.7. The lowest BCUT2D eigenvalue weighted by Gasteiger charge is -2.16. The summed E-state index contributed by atoms with van der Waals surface area (Å²) in [4.78, 5) is 0. The van der Waals surface area contributed by atoms with Crippen LogP contribution in [0, 0.1) is 0 Å². The van der Waals surface area contributed by atoms with E-state index in [-0.39, 0.29) is 0 Å². The zero-order valence-corrected chi connectivity index (χ0v) is 12.3. The summed E-state index contributed by atoms with van der Waals surface area (Å²) in [5.74, 6) is 0. The fourth-order valence-corrected chi connectivity index (χ4v) is 1.62. The molecule has 0 aliphatic rings. The molecule has 4 heteroatoms. The van der Waals surface area contributed by atoms with Gasteiger partial charge >= 0.3 is 0 Å². The first kappa shape index (κ1) is 17.8. The van der Waals surface area contributed by atoms with Gasteiger partial charge in [-0.15, -0.1) is 0 Å². The van der Waals surface area contributed by atoms with E-state index in [0.29, 0.717) is 32.4 Å². The van der Waals surface area contributed by atoms with E-state index in [1.165, 1.54) is 0 Å². The highest BCUT2D eigenvalue weighted by Gasteiger charge is 2.06. The van der Waals surface area contributed by atoms with E-state index in [0.717, 1.165) is 32.3 Å². The Morgan fingerprint density at radius 2 is 1.78 bits per heavy atom. The average Bonchev–Trinajstić information content (AvgIpc) is 2.35. The molecule has 0 spiro atoms. The maximum absolute atomic E-state index is 9.68. The van der Waals surface area contributed by atoms with Gasteiger partial charge in [-0.2, -0.15) is 0 Å². The average molecular weight is 261 g/mol. The summed E-state index contributed by atoms with van der Waals surface area (Å²) in [7, 11) is 0. The standard InChI is InChI=1S/C14H31NO3/c1-4-6-8-17-9-10-18-12-14(16)11-15-13(3)7-5-2/h13-16H,4-12H2,1-3H3. The van der Waals surface area contributed by atoms with E-state index in [2.05, 4.69) is 26.1 Å². The maximum Gasteiger partial charge on any atom is 0.0897 e. The molecule has 4 nitrogen and oxygen atoms in total. The number of aliphatic hydroxyl groups excluding tert-OH is 1. The molecule has 0 saturated heterocycles. The van der Waals surface area contributed by atoms with Crippen molar-refractivity contribution in [3.8, 4) is 0 Å². The van der Waals surface area contributed by atoms with Crippen LogP contribution in [-0.2, 0) is 9.47 Å². The lowest BCUT2D eigenvalue weighted by atomic mass is 10.2. The summed E-state index contributed by atoms with van der Waals surface area (Å²) in [6.45, 7) is 9.40. The van der Waals surface area contributed by atoms with Gasteiger partial charge in [0.25, 0.3) is 0 Å². The van der Waals surface area contributed by atoms with Crippen molar-refractivity contribution in [1.82, 2.24) is 5.32 Å². The summed E-state index contributed by atoms with van der Waals surface area (Å²) in [6, 6.07) is 0.460. The van der Waals surface area contributed by atoms with E-state index in [1.807, 2.05) is 0 Å². The summed E-state index contributed by atoms with van der Waals surface area (Å²) >= 11 is 0. The van der Waals surface area contributed by atoms with Gasteiger partial charge in [-0.25, -0.2) is 0 Å². The summed E-state index contributed by atoms with van der Waals surface area (Å²) in [6.07, 6.45) is 4.12. The predicted molar refractivity (Wildman–Crippen MR) is 74.9 cm³/mol. The second-order valence-corrected chi connectivity index (χ2v) is 4.79. The molecule has 18 heavy (non-hydrogen) atoms. The molecule has 0 aliphatic heterocycles. The molecule has 0 amide bonds. The van der Waals surface area contributed by atoms with E-state index in [4.69, 9.17) is 9.47 Å². The number of nitrogens with one attached hydrogen (secondary N) is 1. The van der Waals surface area contributed by atoms with Crippen LogP contribution in [0.5, 0.6) is 0 Å². The third-order valence-corrected chi connectivity index (χ3v) is 2.75. The van der Waals surface area contributed by atoms with Gasteiger partial charge in [0.2, 0.25) is 0 Å². The van der Waals surface area contributed by atoms with Gasteiger partial charge in [0.05, 0.1) is 25.9 Å². The third kappa shape index (κ3) is 12.3. The Morgan fingerprint density at radius 3 is 2.44 bits per heavy atom. The molecule has 0 heterocycles. The quantitative estimate of drug-likeness (QED) is 0.498. The van der Waals surface area contributed by atoms with Crippen molar-refractivity contribution < 1.29 is 14.6 Å². The first-order valence-corrected chi connectivity index (χ1v) is 7.27. The van der Waals surface area contributed by atoms with Crippen molar-refractivity contribution in [3.05, 3.63) is 0 Å². The Balaban J connectivity index is 3.23. The summed E-state index contributed by atoms with van der Waals surface area (Å²) < 4.78 is 10.7. The number of hydrogen-bond acceptors (Lipinski definition) is 4. The fraction of sp³-hybridized carbons (Fsp3) is 1.00. The molecule has 0 radical (unpaired) electrons. The fourth-order valence-electron chi connectivity index (χ4n) is 1.62. The lowest BCUT2D eigenvalue weighted by molar-refractivity contribution is 0.00327. The van der Waals surface area contributed by atoms with Gasteiger partial charge in [0, 0.05) is 19.2 Å². The first-order valence-electron chi connectivity index (χ1n) is 7.27. The van der Waals surface area contributed by atoms with Crippen LogP contribution in [0.4, 0.5) is 0 Å². The van der Waals surface area contributed by atoms with Crippen LogP contribution in [0.1, 0.15) is 46.5 Å². The monoisotopic (exact) mass is 261 g/mol. The highest BCUT2D eigenvalue weighted by atomic mass is 16.5. The molecule has 0 rings (SSSR count). The number of ether oxygens (including phenoxy) is 2. The van der Waals surface area contributed by atoms with E-state index < -0.39 is 6.10 Å².